The predicted molar refractivity (Wildman–Crippen MR) is 221 cm³/mol. The molecule has 0 spiro atoms. The Morgan fingerprint density at radius 3 is 2.12 bits per heavy atom. The molecule has 2 heterocycles. The summed E-state index contributed by atoms with van der Waals surface area (Å²) in [5, 5.41) is 28.5. The Morgan fingerprint density at radius 2 is 1.44 bits per heavy atom. The zero-order chi connectivity index (χ0) is 40.1. The highest BCUT2D eigenvalue weighted by molar-refractivity contribution is 6.18. The van der Waals surface area contributed by atoms with Crippen LogP contribution in [0.25, 0.3) is 11.1 Å². The number of halogens is 1. The van der Waals surface area contributed by atoms with Crippen molar-refractivity contribution in [3.63, 3.8) is 0 Å². The fourth-order valence-electron chi connectivity index (χ4n) is 7.39. The molecule has 298 valence electrons. The summed E-state index contributed by atoms with van der Waals surface area (Å²) in [6, 6.07) is 26.8. The fraction of sp³-hybridized carbons (Fsp3) is 0.333. The van der Waals surface area contributed by atoms with Crippen molar-refractivity contribution < 1.29 is 34.1 Å². The number of carbonyl (C=O) groups is 4. The van der Waals surface area contributed by atoms with E-state index in [0.717, 1.165) is 77.7 Å². The van der Waals surface area contributed by atoms with Gasteiger partial charge >= 0.3 is 0 Å². The van der Waals surface area contributed by atoms with E-state index in [1.165, 1.54) is 0 Å². The van der Waals surface area contributed by atoms with Crippen molar-refractivity contribution in [3.05, 3.63) is 119 Å². The van der Waals surface area contributed by atoms with Gasteiger partial charge in [-0.05, 0) is 102 Å². The van der Waals surface area contributed by atoms with Crippen LogP contribution in [0.1, 0.15) is 90.4 Å². The highest BCUT2D eigenvalue weighted by atomic mass is 35.5. The predicted octanol–water partition coefficient (Wildman–Crippen LogP) is 7.39. The molecule has 2 aliphatic rings. The molecule has 0 aromatic heterocycles. The molecular weight excluding hydrogens is 744 g/mol. The molecule has 5 N–H and O–H groups in total. The molecule has 0 saturated carbocycles. The number of anilines is 1. The van der Waals surface area contributed by atoms with Crippen molar-refractivity contribution in [1.82, 2.24) is 15.5 Å². The zero-order valence-electron chi connectivity index (χ0n) is 31.9. The number of allylic oxidation sites excluding steroid dienone is 1. The number of carbonyl (C=O) groups excluding carboxylic acids is 4. The lowest BCUT2D eigenvalue weighted by Gasteiger charge is -2.29. The Bertz CT molecular complexity index is 2070. The van der Waals surface area contributed by atoms with Crippen LogP contribution in [0.3, 0.4) is 0 Å². The van der Waals surface area contributed by atoms with E-state index in [4.69, 9.17) is 16.3 Å². The topological polar surface area (TPSA) is 157 Å². The van der Waals surface area contributed by atoms with Crippen LogP contribution in [0.4, 0.5) is 5.69 Å². The number of piperidine rings is 1. The van der Waals surface area contributed by atoms with Gasteiger partial charge in [-0.1, -0.05) is 61.7 Å². The molecule has 1 unspecified atom stereocenters. The normalized spacial score (nSPS) is 15.5. The molecule has 4 aromatic rings. The van der Waals surface area contributed by atoms with E-state index in [-0.39, 0.29) is 35.6 Å². The average molecular weight is 793 g/mol. The van der Waals surface area contributed by atoms with Crippen LogP contribution >= 0.6 is 11.6 Å². The van der Waals surface area contributed by atoms with Gasteiger partial charge in [0.2, 0.25) is 17.7 Å². The van der Waals surface area contributed by atoms with Crippen LogP contribution in [-0.2, 0) is 20.9 Å². The first-order valence-electron chi connectivity index (χ1n) is 19.6. The van der Waals surface area contributed by atoms with E-state index >= 15 is 0 Å². The summed E-state index contributed by atoms with van der Waals surface area (Å²) in [6.45, 7) is 1.81. The lowest BCUT2D eigenvalue weighted by molar-refractivity contribution is -0.137. The second-order valence-electron chi connectivity index (χ2n) is 14.3. The molecule has 0 radical (unpaired) electrons. The van der Waals surface area contributed by atoms with Crippen LogP contribution in [0, 0.1) is 0 Å². The van der Waals surface area contributed by atoms with Gasteiger partial charge in [0.15, 0.2) is 0 Å². The summed E-state index contributed by atoms with van der Waals surface area (Å²) in [5.41, 5.74) is 7.16. The number of imide groups is 1. The van der Waals surface area contributed by atoms with Crippen molar-refractivity contribution in [3.8, 4) is 17.2 Å². The first-order chi connectivity index (χ1) is 27.7. The Morgan fingerprint density at radius 1 is 0.789 bits per heavy atom. The maximum Gasteiger partial charge on any atom is 0.255 e. The molecule has 0 aliphatic carbocycles. The van der Waals surface area contributed by atoms with Crippen molar-refractivity contribution >= 4 is 52.1 Å². The Kier molecular flexibility index (Phi) is 14.2. The Balaban J connectivity index is 0.886. The maximum absolute atomic E-state index is 13.1. The minimum absolute atomic E-state index is 0.000764. The first kappa shape index (κ1) is 40.8. The van der Waals surface area contributed by atoms with Crippen molar-refractivity contribution in [2.24, 2.45) is 0 Å². The highest BCUT2D eigenvalue weighted by Crippen LogP contribution is 2.37. The summed E-state index contributed by atoms with van der Waals surface area (Å²) < 4.78 is 5.94. The van der Waals surface area contributed by atoms with Crippen molar-refractivity contribution in [1.29, 1.82) is 0 Å². The van der Waals surface area contributed by atoms with E-state index < -0.39 is 11.9 Å². The van der Waals surface area contributed by atoms with Crippen LogP contribution in [0.15, 0.2) is 91.0 Å². The number of ether oxygens (including phenoxy) is 1. The van der Waals surface area contributed by atoms with Gasteiger partial charge in [-0.25, -0.2) is 0 Å². The minimum atomic E-state index is -0.633. The molecule has 6 rings (SSSR count). The number of phenols is 2. The fourth-order valence-corrected chi connectivity index (χ4v) is 7.58. The van der Waals surface area contributed by atoms with Crippen molar-refractivity contribution in [2.45, 2.75) is 70.4 Å². The molecule has 1 atom stereocenters. The molecule has 2 aliphatic heterocycles. The van der Waals surface area contributed by atoms with E-state index in [1.54, 1.807) is 35.2 Å². The van der Waals surface area contributed by atoms with Gasteiger partial charge in [0.05, 0.1) is 6.54 Å². The quantitative estimate of drug-likeness (QED) is 0.0285. The van der Waals surface area contributed by atoms with Crippen LogP contribution < -0.4 is 20.7 Å². The number of aromatic hydroxyl groups is 2. The Labute approximate surface area is 338 Å². The molecule has 1 fully saturated rings. The van der Waals surface area contributed by atoms with Gasteiger partial charge in [0, 0.05) is 48.6 Å². The number of unbranched alkanes of at least 4 members (excludes halogenated alkanes) is 4. The van der Waals surface area contributed by atoms with Gasteiger partial charge in [0.25, 0.3) is 5.91 Å². The summed E-state index contributed by atoms with van der Waals surface area (Å²) in [6.07, 6.45) is 6.33. The largest absolute Gasteiger partial charge is 0.508 e. The third kappa shape index (κ3) is 10.7. The average Bonchev–Trinajstić information content (AvgIpc) is 3.55. The molecule has 12 heteroatoms. The standard InChI is InChI=1S/C45H49ClN4O7/c46-25-24-36(30-10-16-33(51)17-11-30)43(31-12-18-34(52)19-13-31)32-14-20-35(21-15-32)57-28-27-48-41(53)9-4-2-1-3-5-26-47-39-8-6-7-37-38(39)29-50(45(37)56)40-22-23-42(54)49-44(40)55/h6-8,10-21,40,47,51-52H,1-5,9,22-29H2,(H,48,53)(H,49,54,55). The number of hydrogen-bond acceptors (Lipinski definition) is 8. The number of fused-ring (bicyclic) bond motifs is 1. The molecule has 4 amide bonds. The van der Waals surface area contributed by atoms with Crippen LogP contribution in [-0.4, -0.2) is 70.4 Å². The lowest BCUT2D eigenvalue weighted by atomic mass is 9.88. The first-order valence-corrected chi connectivity index (χ1v) is 20.1. The smallest absolute Gasteiger partial charge is 0.255 e. The second kappa shape index (κ2) is 19.9. The third-order valence-corrected chi connectivity index (χ3v) is 10.5. The molecule has 57 heavy (non-hydrogen) atoms. The van der Waals surface area contributed by atoms with Crippen molar-refractivity contribution in [2.75, 3.05) is 30.9 Å². The summed E-state index contributed by atoms with van der Waals surface area (Å²) in [4.78, 5) is 51.0. The van der Waals surface area contributed by atoms with Gasteiger partial charge < -0.3 is 30.5 Å². The molecule has 1 saturated heterocycles. The number of rotatable bonds is 19. The van der Waals surface area contributed by atoms with Gasteiger partial charge in [-0.3, -0.25) is 24.5 Å². The van der Waals surface area contributed by atoms with E-state index in [1.807, 2.05) is 60.7 Å². The Hall–Kier alpha value is -5.81. The summed E-state index contributed by atoms with van der Waals surface area (Å²) in [7, 11) is 0. The number of hydrogen-bond donors (Lipinski definition) is 5. The van der Waals surface area contributed by atoms with Gasteiger partial charge in [0.1, 0.15) is 29.9 Å². The van der Waals surface area contributed by atoms with Crippen LogP contribution in [0.5, 0.6) is 17.2 Å². The molecule has 0 bridgehead atoms. The number of nitrogens with zero attached hydrogens (tertiary/aromatic N) is 1. The molecule has 4 aromatic carbocycles. The van der Waals surface area contributed by atoms with E-state index in [2.05, 4.69) is 16.0 Å². The minimum Gasteiger partial charge on any atom is -0.508 e. The molecular formula is C45H49ClN4O7. The number of amides is 4. The third-order valence-electron chi connectivity index (χ3n) is 10.3. The lowest BCUT2D eigenvalue weighted by Crippen LogP contribution is -2.52. The maximum atomic E-state index is 13.1. The second-order valence-corrected chi connectivity index (χ2v) is 14.7. The number of phenolic OH excluding ortho intramolecular Hbond substituents is 2. The molecule has 11 nitrogen and oxygen atoms in total. The monoisotopic (exact) mass is 792 g/mol. The van der Waals surface area contributed by atoms with Gasteiger partial charge in [-0.2, -0.15) is 0 Å². The summed E-state index contributed by atoms with van der Waals surface area (Å²) in [5.74, 6) is 0.549. The SMILES string of the molecule is O=C(CCCCCCCNc1cccc2c1CN(C1CCC(=O)NC1=O)C2=O)NCCOc1ccc(C(=C(CCCl)c2ccc(O)cc2)c2ccc(O)cc2)cc1. The summed E-state index contributed by atoms with van der Waals surface area (Å²) >= 11 is 6.26. The van der Waals surface area contributed by atoms with Gasteiger partial charge in [-0.15, -0.1) is 11.6 Å². The highest BCUT2D eigenvalue weighted by Gasteiger charge is 2.39. The van der Waals surface area contributed by atoms with E-state index in [9.17, 15) is 29.4 Å². The zero-order valence-corrected chi connectivity index (χ0v) is 32.7. The van der Waals surface area contributed by atoms with E-state index in [0.29, 0.717) is 56.2 Å². The number of nitrogens with one attached hydrogen (secondary N) is 3. The number of benzene rings is 4. The number of alkyl halides is 1. The van der Waals surface area contributed by atoms with Crippen LogP contribution in [0.2, 0.25) is 0 Å².